The van der Waals surface area contributed by atoms with E-state index in [1.54, 1.807) is 6.07 Å². The zero-order valence-corrected chi connectivity index (χ0v) is 13.7. The SMILES string of the molecule is CC(CC(=O)O)(NC(=O)c1cccc(-n2cccc2)c1)C1CCC1. The molecule has 0 bridgehead atoms. The van der Waals surface area contributed by atoms with Crippen LogP contribution in [0.15, 0.2) is 48.8 Å². The van der Waals surface area contributed by atoms with Crippen LogP contribution >= 0.6 is 0 Å². The van der Waals surface area contributed by atoms with Gasteiger partial charge < -0.3 is 15.0 Å². The average molecular weight is 326 g/mol. The summed E-state index contributed by atoms with van der Waals surface area (Å²) in [6.07, 6.45) is 6.81. The molecular formula is C19H22N2O3. The molecule has 1 amide bonds. The number of benzene rings is 1. The third-order valence-electron chi connectivity index (χ3n) is 4.93. The van der Waals surface area contributed by atoms with Gasteiger partial charge >= 0.3 is 5.97 Å². The van der Waals surface area contributed by atoms with E-state index in [0.29, 0.717) is 5.56 Å². The second kappa shape index (κ2) is 6.51. The maximum absolute atomic E-state index is 12.7. The Morgan fingerprint density at radius 2 is 1.96 bits per heavy atom. The first-order valence-corrected chi connectivity index (χ1v) is 8.26. The molecule has 0 saturated heterocycles. The Labute approximate surface area is 141 Å². The van der Waals surface area contributed by atoms with Crippen LogP contribution in [-0.4, -0.2) is 27.1 Å². The van der Waals surface area contributed by atoms with Crippen LogP contribution < -0.4 is 5.32 Å². The molecule has 1 aromatic carbocycles. The summed E-state index contributed by atoms with van der Waals surface area (Å²) in [4.78, 5) is 23.9. The van der Waals surface area contributed by atoms with Gasteiger partial charge in [0.05, 0.1) is 12.0 Å². The molecule has 3 rings (SSSR count). The summed E-state index contributed by atoms with van der Waals surface area (Å²) in [5.41, 5.74) is 0.735. The number of carbonyl (C=O) groups excluding carboxylic acids is 1. The van der Waals surface area contributed by atoms with E-state index in [1.165, 1.54) is 0 Å². The van der Waals surface area contributed by atoms with Gasteiger partial charge in [-0.15, -0.1) is 0 Å². The fraction of sp³-hybridized carbons (Fsp3) is 0.368. The van der Waals surface area contributed by atoms with Crippen molar-refractivity contribution in [3.05, 3.63) is 54.4 Å². The number of carboxylic acids is 1. The van der Waals surface area contributed by atoms with Gasteiger partial charge in [-0.3, -0.25) is 9.59 Å². The molecule has 1 aromatic heterocycles. The minimum Gasteiger partial charge on any atom is -0.481 e. The number of carbonyl (C=O) groups is 2. The lowest BCUT2D eigenvalue weighted by Crippen LogP contribution is -2.54. The smallest absolute Gasteiger partial charge is 0.305 e. The van der Waals surface area contributed by atoms with Crippen molar-refractivity contribution in [1.82, 2.24) is 9.88 Å². The van der Waals surface area contributed by atoms with Gasteiger partial charge in [0.1, 0.15) is 0 Å². The van der Waals surface area contributed by atoms with Gasteiger partial charge in [0.2, 0.25) is 0 Å². The molecular weight excluding hydrogens is 304 g/mol. The van der Waals surface area contributed by atoms with Gasteiger partial charge in [0.25, 0.3) is 5.91 Å². The highest BCUT2D eigenvalue weighted by Gasteiger charge is 2.40. The van der Waals surface area contributed by atoms with Crippen LogP contribution in [0.2, 0.25) is 0 Å². The number of hydrogen-bond acceptors (Lipinski definition) is 2. The van der Waals surface area contributed by atoms with Crippen molar-refractivity contribution in [2.24, 2.45) is 5.92 Å². The summed E-state index contributed by atoms with van der Waals surface area (Å²) in [6, 6.07) is 11.2. The normalized spacial score (nSPS) is 16.9. The highest BCUT2D eigenvalue weighted by atomic mass is 16.4. The first-order chi connectivity index (χ1) is 11.5. The Balaban J connectivity index is 1.80. The maximum atomic E-state index is 12.7. The summed E-state index contributed by atoms with van der Waals surface area (Å²) in [7, 11) is 0. The third kappa shape index (κ3) is 3.35. The Hall–Kier alpha value is -2.56. The Morgan fingerprint density at radius 1 is 1.25 bits per heavy atom. The maximum Gasteiger partial charge on any atom is 0.305 e. The van der Waals surface area contributed by atoms with Crippen molar-refractivity contribution in [3.63, 3.8) is 0 Å². The molecule has 0 radical (unpaired) electrons. The van der Waals surface area contributed by atoms with Gasteiger partial charge in [-0.2, -0.15) is 0 Å². The van der Waals surface area contributed by atoms with E-state index >= 15 is 0 Å². The summed E-state index contributed by atoms with van der Waals surface area (Å²) >= 11 is 0. The van der Waals surface area contributed by atoms with E-state index in [-0.39, 0.29) is 18.2 Å². The lowest BCUT2D eigenvalue weighted by Gasteiger charge is -2.42. The van der Waals surface area contributed by atoms with E-state index in [9.17, 15) is 14.7 Å². The number of hydrogen-bond donors (Lipinski definition) is 2. The van der Waals surface area contributed by atoms with Crippen LogP contribution in [0.5, 0.6) is 0 Å². The Kier molecular flexibility index (Phi) is 4.42. The molecule has 1 fully saturated rings. The number of rotatable bonds is 6. The second-order valence-electron chi connectivity index (χ2n) is 6.71. The number of nitrogens with zero attached hydrogens (tertiary/aromatic N) is 1. The minimum absolute atomic E-state index is 0.0549. The molecule has 5 nitrogen and oxygen atoms in total. The summed E-state index contributed by atoms with van der Waals surface area (Å²) in [6.45, 7) is 1.85. The first kappa shape index (κ1) is 16.3. The van der Waals surface area contributed by atoms with E-state index in [2.05, 4.69) is 5.32 Å². The number of amides is 1. The quantitative estimate of drug-likeness (QED) is 0.856. The fourth-order valence-corrected chi connectivity index (χ4v) is 3.30. The molecule has 2 aromatic rings. The van der Waals surface area contributed by atoms with Gasteiger partial charge in [-0.25, -0.2) is 0 Å². The molecule has 0 spiro atoms. The van der Waals surface area contributed by atoms with Crippen LogP contribution in [0.4, 0.5) is 0 Å². The molecule has 126 valence electrons. The molecule has 1 saturated carbocycles. The molecule has 24 heavy (non-hydrogen) atoms. The fourth-order valence-electron chi connectivity index (χ4n) is 3.30. The Morgan fingerprint density at radius 3 is 2.54 bits per heavy atom. The largest absolute Gasteiger partial charge is 0.481 e. The molecule has 1 atom stereocenters. The van der Waals surface area contributed by atoms with Crippen molar-refractivity contribution in [3.8, 4) is 5.69 Å². The van der Waals surface area contributed by atoms with Crippen LogP contribution in [-0.2, 0) is 4.79 Å². The summed E-state index contributed by atoms with van der Waals surface area (Å²) in [5, 5.41) is 12.2. The Bertz CT molecular complexity index is 735. The predicted octanol–water partition coefficient (Wildman–Crippen LogP) is 3.24. The minimum atomic E-state index is -0.884. The highest BCUT2D eigenvalue weighted by molar-refractivity contribution is 5.95. The molecule has 1 unspecified atom stereocenters. The van der Waals surface area contributed by atoms with Crippen molar-refractivity contribution in [1.29, 1.82) is 0 Å². The van der Waals surface area contributed by atoms with Crippen molar-refractivity contribution >= 4 is 11.9 Å². The third-order valence-corrected chi connectivity index (χ3v) is 4.93. The summed E-state index contributed by atoms with van der Waals surface area (Å²) < 4.78 is 1.93. The lowest BCUT2D eigenvalue weighted by atomic mass is 9.70. The molecule has 1 heterocycles. The number of carboxylic acid groups (broad SMARTS) is 1. The van der Waals surface area contributed by atoms with E-state index in [0.717, 1.165) is 24.9 Å². The molecule has 1 aliphatic rings. The number of nitrogens with one attached hydrogen (secondary N) is 1. The van der Waals surface area contributed by atoms with Gasteiger partial charge in [-0.05, 0) is 56.0 Å². The molecule has 2 N–H and O–H groups in total. The lowest BCUT2D eigenvalue weighted by molar-refractivity contribution is -0.139. The highest BCUT2D eigenvalue weighted by Crippen LogP contribution is 2.38. The predicted molar refractivity (Wildman–Crippen MR) is 91.2 cm³/mol. The van der Waals surface area contributed by atoms with Crippen LogP contribution in [0.3, 0.4) is 0 Å². The van der Waals surface area contributed by atoms with E-state index in [4.69, 9.17) is 0 Å². The van der Waals surface area contributed by atoms with Crippen molar-refractivity contribution < 1.29 is 14.7 Å². The first-order valence-electron chi connectivity index (χ1n) is 8.26. The molecule has 1 aliphatic carbocycles. The van der Waals surface area contributed by atoms with E-state index < -0.39 is 11.5 Å². The zero-order chi connectivity index (χ0) is 17.2. The van der Waals surface area contributed by atoms with Crippen LogP contribution in [0, 0.1) is 5.92 Å². The van der Waals surface area contributed by atoms with Crippen molar-refractivity contribution in [2.45, 2.75) is 38.1 Å². The van der Waals surface area contributed by atoms with Gasteiger partial charge in [0, 0.05) is 23.6 Å². The van der Waals surface area contributed by atoms with Crippen molar-refractivity contribution in [2.75, 3.05) is 0 Å². The zero-order valence-electron chi connectivity index (χ0n) is 13.7. The number of aromatic nitrogens is 1. The van der Waals surface area contributed by atoms with E-state index in [1.807, 2.05) is 54.2 Å². The molecule has 0 aliphatic heterocycles. The van der Waals surface area contributed by atoms with Gasteiger partial charge in [-0.1, -0.05) is 12.5 Å². The monoisotopic (exact) mass is 326 g/mol. The topological polar surface area (TPSA) is 71.3 Å². The number of aliphatic carboxylic acids is 1. The standard InChI is InChI=1S/C19H22N2O3/c1-19(13-17(22)23,15-7-5-8-15)20-18(24)14-6-4-9-16(12-14)21-10-2-3-11-21/h2-4,6,9-12,15H,5,7-8,13H2,1H3,(H,20,24)(H,22,23). The average Bonchev–Trinajstić information content (AvgIpc) is 2.98. The summed E-state index contributed by atoms with van der Waals surface area (Å²) in [5.74, 6) is -0.879. The van der Waals surface area contributed by atoms with Crippen LogP contribution in [0.25, 0.3) is 5.69 Å². The van der Waals surface area contributed by atoms with Gasteiger partial charge in [0.15, 0.2) is 0 Å². The van der Waals surface area contributed by atoms with Crippen LogP contribution in [0.1, 0.15) is 43.0 Å². The molecule has 5 heteroatoms. The second-order valence-corrected chi connectivity index (χ2v) is 6.71.